The first kappa shape index (κ1) is 13.2. The molecule has 0 atom stereocenters. The van der Waals surface area contributed by atoms with Crippen molar-refractivity contribution in [2.45, 2.75) is 47.0 Å². The minimum Gasteiger partial charge on any atom is -0.466 e. The number of rotatable bonds is 2. The van der Waals surface area contributed by atoms with Gasteiger partial charge in [-0.05, 0) is 74.4 Å². The van der Waals surface area contributed by atoms with E-state index in [-0.39, 0.29) is 0 Å². The van der Waals surface area contributed by atoms with Gasteiger partial charge in [-0.1, -0.05) is 18.2 Å². The molecule has 2 aliphatic rings. The van der Waals surface area contributed by atoms with Gasteiger partial charge in [0.15, 0.2) is 0 Å². The van der Waals surface area contributed by atoms with Gasteiger partial charge >= 0.3 is 0 Å². The van der Waals surface area contributed by atoms with E-state index in [1.54, 1.807) is 0 Å². The second kappa shape index (κ2) is 4.97. The first-order chi connectivity index (χ1) is 9.56. The van der Waals surface area contributed by atoms with Crippen LogP contribution in [0.5, 0.6) is 0 Å². The molecule has 1 nitrogen and oxygen atoms in total. The van der Waals surface area contributed by atoms with Crippen LogP contribution in [0.2, 0.25) is 0 Å². The van der Waals surface area contributed by atoms with E-state index in [0.29, 0.717) is 0 Å². The largest absolute Gasteiger partial charge is 0.466 e. The molecule has 0 radical (unpaired) electrons. The van der Waals surface area contributed by atoms with Crippen LogP contribution < -0.4 is 0 Å². The van der Waals surface area contributed by atoms with Gasteiger partial charge in [-0.25, -0.2) is 0 Å². The lowest BCUT2D eigenvalue weighted by Gasteiger charge is -2.13. The molecular weight excluding hydrogens is 244 g/mol. The molecule has 0 N–H and O–H groups in total. The standard InChI is InChI=1S/C19H22O/c1-12-9-16-10-14(3)19(18(16)11-13(12)2)15(4)20-17-7-5-6-8-17/h7,9-11H,5-6,8H2,1-4H3/b19-15-. The molecule has 0 spiro atoms. The van der Waals surface area contributed by atoms with Crippen molar-refractivity contribution in [1.29, 1.82) is 0 Å². The predicted molar refractivity (Wildman–Crippen MR) is 85.2 cm³/mol. The Labute approximate surface area is 121 Å². The van der Waals surface area contributed by atoms with Crippen LogP contribution in [-0.2, 0) is 4.74 Å². The SMILES string of the molecule is CC1=Cc2cc(C)c(C)cc2/C1=C(/C)OC1=CCCC1. The molecule has 0 bridgehead atoms. The van der Waals surface area contributed by atoms with E-state index < -0.39 is 0 Å². The van der Waals surface area contributed by atoms with Crippen LogP contribution in [0, 0.1) is 13.8 Å². The Morgan fingerprint density at radius 3 is 2.55 bits per heavy atom. The highest BCUT2D eigenvalue weighted by molar-refractivity contribution is 5.95. The second-order valence-corrected chi connectivity index (χ2v) is 5.95. The number of ether oxygens (including phenoxy) is 1. The van der Waals surface area contributed by atoms with Crippen LogP contribution in [0.4, 0.5) is 0 Å². The Kier molecular flexibility index (Phi) is 3.29. The van der Waals surface area contributed by atoms with E-state index in [1.165, 1.54) is 39.8 Å². The van der Waals surface area contributed by atoms with Crippen molar-refractivity contribution in [3.63, 3.8) is 0 Å². The van der Waals surface area contributed by atoms with Gasteiger partial charge in [0, 0.05) is 12.0 Å². The van der Waals surface area contributed by atoms with Crippen LogP contribution >= 0.6 is 0 Å². The summed E-state index contributed by atoms with van der Waals surface area (Å²) >= 11 is 0. The number of aryl methyl sites for hydroxylation is 2. The molecule has 1 aromatic carbocycles. The average Bonchev–Trinajstić information content (AvgIpc) is 2.97. The molecule has 0 fully saturated rings. The summed E-state index contributed by atoms with van der Waals surface area (Å²) < 4.78 is 6.09. The molecule has 0 unspecified atom stereocenters. The number of fused-ring (bicyclic) bond motifs is 1. The quantitative estimate of drug-likeness (QED) is 0.639. The monoisotopic (exact) mass is 266 g/mol. The topological polar surface area (TPSA) is 9.23 Å². The van der Waals surface area contributed by atoms with Gasteiger partial charge in [0.1, 0.15) is 5.76 Å². The van der Waals surface area contributed by atoms with Gasteiger partial charge in [-0.2, -0.15) is 0 Å². The van der Waals surface area contributed by atoms with Crippen molar-refractivity contribution in [3.05, 3.63) is 57.6 Å². The van der Waals surface area contributed by atoms with E-state index in [1.807, 2.05) is 0 Å². The Hall–Kier alpha value is -1.76. The molecule has 1 aromatic rings. The van der Waals surface area contributed by atoms with Gasteiger partial charge in [-0.15, -0.1) is 0 Å². The maximum absolute atomic E-state index is 6.09. The summed E-state index contributed by atoms with van der Waals surface area (Å²) in [7, 11) is 0. The molecule has 2 aliphatic carbocycles. The molecular formula is C19H22O. The van der Waals surface area contributed by atoms with Gasteiger partial charge in [0.25, 0.3) is 0 Å². The zero-order valence-electron chi connectivity index (χ0n) is 12.8. The number of benzene rings is 1. The molecule has 0 saturated carbocycles. The first-order valence-electron chi connectivity index (χ1n) is 7.44. The molecule has 0 saturated heterocycles. The predicted octanol–water partition coefficient (Wildman–Crippen LogP) is 5.54. The third-order valence-electron chi connectivity index (χ3n) is 4.34. The highest BCUT2D eigenvalue weighted by Crippen LogP contribution is 2.39. The fourth-order valence-electron chi connectivity index (χ4n) is 3.14. The summed E-state index contributed by atoms with van der Waals surface area (Å²) in [5.41, 5.74) is 7.92. The first-order valence-corrected chi connectivity index (χ1v) is 7.44. The molecule has 0 amide bonds. The van der Waals surface area contributed by atoms with Crippen LogP contribution in [0.15, 0.2) is 35.3 Å². The van der Waals surface area contributed by atoms with Crippen LogP contribution in [0.3, 0.4) is 0 Å². The number of hydrogen-bond acceptors (Lipinski definition) is 1. The summed E-state index contributed by atoms with van der Waals surface area (Å²) in [5, 5.41) is 0. The Morgan fingerprint density at radius 1 is 1.10 bits per heavy atom. The van der Waals surface area contributed by atoms with Crippen molar-refractivity contribution < 1.29 is 4.74 Å². The van der Waals surface area contributed by atoms with Crippen LogP contribution in [0.25, 0.3) is 11.6 Å². The summed E-state index contributed by atoms with van der Waals surface area (Å²) in [4.78, 5) is 0. The average molecular weight is 266 g/mol. The lowest BCUT2D eigenvalue weighted by molar-refractivity contribution is 0.300. The summed E-state index contributed by atoms with van der Waals surface area (Å²) in [6.45, 7) is 8.62. The molecule has 3 rings (SSSR count). The number of hydrogen-bond donors (Lipinski definition) is 0. The summed E-state index contributed by atoms with van der Waals surface area (Å²) in [6.07, 6.45) is 7.95. The zero-order valence-corrected chi connectivity index (χ0v) is 12.8. The van der Waals surface area contributed by atoms with Crippen LogP contribution in [-0.4, -0.2) is 0 Å². The maximum Gasteiger partial charge on any atom is 0.109 e. The normalized spacial score (nSPS) is 19.6. The third kappa shape index (κ3) is 2.22. The Balaban J connectivity index is 2.03. The zero-order chi connectivity index (χ0) is 14.3. The van der Waals surface area contributed by atoms with Crippen molar-refractivity contribution in [1.82, 2.24) is 0 Å². The molecule has 0 aromatic heterocycles. The maximum atomic E-state index is 6.09. The van der Waals surface area contributed by atoms with Crippen molar-refractivity contribution in [3.8, 4) is 0 Å². The van der Waals surface area contributed by atoms with Gasteiger partial charge in [-0.3, -0.25) is 0 Å². The summed E-state index contributed by atoms with van der Waals surface area (Å²) in [5.74, 6) is 2.17. The molecule has 0 heterocycles. The number of allylic oxidation sites excluding steroid dienone is 5. The molecule has 0 aliphatic heterocycles. The van der Waals surface area contributed by atoms with E-state index in [0.717, 1.165) is 24.4 Å². The van der Waals surface area contributed by atoms with E-state index >= 15 is 0 Å². The van der Waals surface area contributed by atoms with Gasteiger partial charge in [0.2, 0.25) is 0 Å². The third-order valence-corrected chi connectivity index (χ3v) is 4.34. The van der Waals surface area contributed by atoms with E-state index in [2.05, 4.69) is 52.0 Å². The Bertz CT molecular complexity index is 657. The van der Waals surface area contributed by atoms with Gasteiger partial charge < -0.3 is 4.74 Å². The molecule has 20 heavy (non-hydrogen) atoms. The molecule has 104 valence electrons. The van der Waals surface area contributed by atoms with Crippen molar-refractivity contribution in [2.24, 2.45) is 0 Å². The smallest absolute Gasteiger partial charge is 0.109 e. The van der Waals surface area contributed by atoms with E-state index in [9.17, 15) is 0 Å². The van der Waals surface area contributed by atoms with Gasteiger partial charge in [0.05, 0.1) is 5.76 Å². The van der Waals surface area contributed by atoms with Crippen molar-refractivity contribution in [2.75, 3.05) is 0 Å². The molecule has 1 heteroatoms. The highest BCUT2D eigenvalue weighted by Gasteiger charge is 2.21. The Morgan fingerprint density at radius 2 is 1.85 bits per heavy atom. The second-order valence-electron chi connectivity index (χ2n) is 5.95. The lowest BCUT2D eigenvalue weighted by Crippen LogP contribution is -1.95. The highest BCUT2D eigenvalue weighted by atomic mass is 16.5. The minimum absolute atomic E-state index is 1.04. The van der Waals surface area contributed by atoms with Crippen molar-refractivity contribution >= 4 is 11.6 Å². The summed E-state index contributed by atoms with van der Waals surface area (Å²) in [6, 6.07) is 4.58. The van der Waals surface area contributed by atoms with E-state index in [4.69, 9.17) is 4.74 Å². The lowest BCUT2D eigenvalue weighted by atomic mass is 9.97. The minimum atomic E-state index is 1.04. The fraction of sp³-hybridized carbons (Fsp3) is 0.368. The van der Waals surface area contributed by atoms with Crippen LogP contribution in [0.1, 0.15) is 55.4 Å². The fourth-order valence-corrected chi connectivity index (χ4v) is 3.14.